The smallest absolute Gasteiger partial charge is 0.219 e. The lowest BCUT2D eigenvalue weighted by atomic mass is 9.96. The molecule has 5 N–H and O–H groups in total. The molecular weight excluding hydrogens is 284 g/mol. The van der Waals surface area contributed by atoms with Gasteiger partial charge in [0.05, 0.1) is 6.61 Å². The molecule has 0 spiro atoms. The van der Waals surface area contributed by atoms with Crippen LogP contribution in [0.1, 0.15) is 6.92 Å². The molecule has 6 atom stereocenters. The standard InChI is InChI=1S/C13H18O8/c1-13(3-2-6(15)7(16)4-13)21-12-11(19)10(18)9(17)8(5-14)20-12/h2-4,8-12,14,16-19H,5H2,1H3. The molecule has 0 radical (unpaired) electrons. The minimum Gasteiger partial charge on any atom is -0.504 e. The first kappa shape index (κ1) is 16.1. The van der Waals surface area contributed by atoms with Gasteiger partial charge in [-0.2, -0.15) is 0 Å². The zero-order valence-electron chi connectivity index (χ0n) is 11.3. The average molecular weight is 302 g/mol. The lowest BCUT2D eigenvalue weighted by Gasteiger charge is -2.42. The van der Waals surface area contributed by atoms with Gasteiger partial charge in [-0.3, -0.25) is 4.79 Å². The lowest BCUT2D eigenvalue weighted by Crippen LogP contribution is -2.60. The number of ketones is 1. The molecule has 118 valence electrons. The van der Waals surface area contributed by atoms with Gasteiger partial charge < -0.3 is 35.0 Å². The monoisotopic (exact) mass is 302 g/mol. The van der Waals surface area contributed by atoms with E-state index in [1.807, 2.05) is 0 Å². The van der Waals surface area contributed by atoms with Crippen LogP contribution in [0.25, 0.3) is 0 Å². The van der Waals surface area contributed by atoms with E-state index in [1.54, 1.807) is 0 Å². The van der Waals surface area contributed by atoms with Gasteiger partial charge in [0.15, 0.2) is 12.0 Å². The third kappa shape index (κ3) is 3.15. The highest BCUT2D eigenvalue weighted by Gasteiger charge is 2.46. The first-order chi connectivity index (χ1) is 9.77. The van der Waals surface area contributed by atoms with Crippen molar-refractivity contribution in [2.24, 2.45) is 0 Å². The van der Waals surface area contributed by atoms with Crippen molar-refractivity contribution < 1.29 is 39.8 Å². The molecule has 0 bridgehead atoms. The lowest BCUT2D eigenvalue weighted by molar-refractivity contribution is -0.314. The van der Waals surface area contributed by atoms with Crippen LogP contribution in [0.5, 0.6) is 0 Å². The molecule has 1 saturated heterocycles. The molecule has 8 nitrogen and oxygen atoms in total. The van der Waals surface area contributed by atoms with Crippen molar-refractivity contribution in [1.29, 1.82) is 0 Å². The zero-order chi connectivity index (χ0) is 15.8. The van der Waals surface area contributed by atoms with Crippen LogP contribution in [0.4, 0.5) is 0 Å². The summed E-state index contributed by atoms with van der Waals surface area (Å²) in [6, 6.07) is 0. The maximum Gasteiger partial charge on any atom is 0.219 e. The van der Waals surface area contributed by atoms with Gasteiger partial charge in [0.25, 0.3) is 0 Å². The van der Waals surface area contributed by atoms with E-state index in [0.717, 1.165) is 12.2 Å². The van der Waals surface area contributed by atoms with E-state index in [2.05, 4.69) is 0 Å². The summed E-state index contributed by atoms with van der Waals surface area (Å²) in [6.07, 6.45) is -3.44. The van der Waals surface area contributed by atoms with Crippen LogP contribution in [0, 0.1) is 0 Å². The molecular formula is C13H18O8. The maximum atomic E-state index is 11.2. The molecule has 0 aromatic heterocycles. The summed E-state index contributed by atoms with van der Waals surface area (Å²) in [4.78, 5) is 11.2. The summed E-state index contributed by atoms with van der Waals surface area (Å²) in [6.45, 7) is 0.935. The number of hydrogen-bond donors (Lipinski definition) is 5. The zero-order valence-corrected chi connectivity index (χ0v) is 11.3. The molecule has 1 heterocycles. The maximum absolute atomic E-state index is 11.2. The molecule has 2 aliphatic rings. The Morgan fingerprint density at radius 1 is 1.29 bits per heavy atom. The molecule has 2 rings (SSSR count). The largest absolute Gasteiger partial charge is 0.504 e. The Morgan fingerprint density at radius 3 is 2.52 bits per heavy atom. The number of carbonyl (C=O) groups is 1. The summed E-state index contributed by atoms with van der Waals surface area (Å²) in [5.41, 5.74) is -1.24. The second-order valence-corrected chi connectivity index (χ2v) is 5.23. The molecule has 1 aliphatic heterocycles. The highest BCUT2D eigenvalue weighted by atomic mass is 16.7. The van der Waals surface area contributed by atoms with Crippen LogP contribution in [0.3, 0.4) is 0 Å². The summed E-state index contributed by atoms with van der Waals surface area (Å²) >= 11 is 0. The van der Waals surface area contributed by atoms with Crippen LogP contribution < -0.4 is 0 Å². The molecule has 6 unspecified atom stereocenters. The van der Waals surface area contributed by atoms with Crippen molar-refractivity contribution in [1.82, 2.24) is 0 Å². The van der Waals surface area contributed by atoms with Gasteiger partial charge in [-0.25, -0.2) is 0 Å². The number of rotatable bonds is 3. The van der Waals surface area contributed by atoms with E-state index >= 15 is 0 Å². The molecule has 8 heteroatoms. The number of aliphatic hydroxyl groups is 5. The highest BCUT2D eigenvalue weighted by Crippen LogP contribution is 2.29. The topological polar surface area (TPSA) is 137 Å². The van der Waals surface area contributed by atoms with Crippen LogP contribution in [-0.4, -0.2) is 74.2 Å². The molecule has 0 saturated carbocycles. The van der Waals surface area contributed by atoms with E-state index in [4.69, 9.17) is 14.6 Å². The Morgan fingerprint density at radius 2 is 1.95 bits per heavy atom. The van der Waals surface area contributed by atoms with Gasteiger partial charge in [-0.1, -0.05) is 0 Å². The van der Waals surface area contributed by atoms with Gasteiger partial charge in [0, 0.05) is 0 Å². The molecule has 1 aliphatic carbocycles. The van der Waals surface area contributed by atoms with Gasteiger partial charge in [-0.05, 0) is 25.2 Å². The number of allylic oxidation sites excluding steroid dienone is 1. The summed E-state index contributed by atoms with van der Waals surface area (Å²) in [5.74, 6) is -1.09. The third-order valence-electron chi connectivity index (χ3n) is 3.46. The first-order valence-corrected chi connectivity index (χ1v) is 6.41. The van der Waals surface area contributed by atoms with E-state index in [0.29, 0.717) is 0 Å². The molecule has 1 fully saturated rings. The second-order valence-electron chi connectivity index (χ2n) is 5.23. The molecule has 0 amide bonds. The Bertz CT molecular complexity index is 471. The Balaban J connectivity index is 2.15. The van der Waals surface area contributed by atoms with Crippen LogP contribution in [0.2, 0.25) is 0 Å². The van der Waals surface area contributed by atoms with Crippen LogP contribution >= 0.6 is 0 Å². The summed E-state index contributed by atoms with van der Waals surface area (Å²) in [5, 5.41) is 47.7. The third-order valence-corrected chi connectivity index (χ3v) is 3.46. The first-order valence-electron chi connectivity index (χ1n) is 6.41. The number of ether oxygens (including phenoxy) is 2. The average Bonchev–Trinajstić information content (AvgIpc) is 2.44. The van der Waals surface area contributed by atoms with Crippen molar-refractivity contribution in [2.45, 2.75) is 43.2 Å². The molecule has 0 aromatic carbocycles. The summed E-state index contributed by atoms with van der Waals surface area (Å²) in [7, 11) is 0. The van der Waals surface area contributed by atoms with E-state index in [9.17, 15) is 25.2 Å². The van der Waals surface area contributed by atoms with Crippen molar-refractivity contribution in [3.8, 4) is 0 Å². The molecule has 21 heavy (non-hydrogen) atoms. The van der Waals surface area contributed by atoms with Gasteiger partial charge >= 0.3 is 0 Å². The highest BCUT2D eigenvalue weighted by molar-refractivity contribution is 6.03. The van der Waals surface area contributed by atoms with E-state index in [1.165, 1.54) is 13.0 Å². The number of hydrogen-bond acceptors (Lipinski definition) is 8. The summed E-state index contributed by atoms with van der Waals surface area (Å²) < 4.78 is 10.7. The Labute approximate surface area is 120 Å². The number of aliphatic hydroxyl groups excluding tert-OH is 5. The Hall–Kier alpha value is -1.29. The predicted molar refractivity (Wildman–Crippen MR) is 68.1 cm³/mol. The minimum atomic E-state index is -1.56. The number of carbonyl (C=O) groups excluding carboxylic acids is 1. The Kier molecular flexibility index (Phi) is 4.47. The van der Waals surface area contributed by atoms with Gasteiger partial charge in [-0.15, -0.1) is 0 Å². The van der Waals surface area contributed by atoms with Gasteiger partial charge in [0.2, 0.25) is 5.78 Å². The minimum absolute atomic E-state index is 0.510. The van der Waals surface area contributed by atoms with E-state index in [-0.39, 0.29) is 0 Å². The van der Waals surface area contributed by atoms with Crippen molar-refractivity contribution >= 4 is 5.78 Å². The van der Waals surface area contributed by atoms with E-state index < -0.39 is 54.5 Å². The molecule has 0 aromatic rings. The van der Waals surface area contributed by atoms with Crippen molar-refractivity contribution in [2.75, 3.05) is 6.61 Å². The fraction of sp³-hybridized carbons (Fsp3) is 0.615. The fourth-order valence-electron chi connectivity index (χ4n) is 2.21. The van der Waals surface area contributed by atoms with Crippen molar-refractivity contribution in [3.05, 3.63) is 24.0 Å². The predicted octanol–water partition coefficient (Wildman–Crippen LogP) is -1.86. The normalized spacial score (nSPS) is 43.8. The SMILES string of the molecule is CC1(OC2OC(CO)C(O)C(O)C2O)C=CC(=O)C(O)=C1. The van der Waals surface area contributed by atoms with Gasteiger partial charge in [0.1, 0.15) is 30.0 Å². The van der Waals surface area contributed by atoms with Crippen LogP contribution in [0.15, 0.2) is 24.0 Å². The van der Waals surface area contributed by atoms with Crippen LogP contribution in [-0.2, 0) is 14.3 Å². The second kappa shape index (κ2) is 5.84. The van der Waals surface area contributed by atoms with Crippen molar-refractivity contribution in [3.63, 3.8) is 0 Å². The quantitative estimate of drug-likeness (QED) is 0.409. The fourth-order valence-corrected chi connectivity index (χ4v) is 2.21.